The third kappa shape index (κ3) is 1.70. The fourth-order valence-electron chi connectivity index (χ4n) is 4.16. The van der Waals surface area contributed by atoms with Crippen LogP contribution in [0.2, 0.25) is 0 Å². The van der Waals surface area contributed by atoms with E-state index in [0.29, 0.717) is 0 Å². The number of benzene rings is 1. The van der Waals surface area contributed by atoms with Crippen molar-refractivity contribution in [3.05, 3.63) is 35.4 Å². The summed E-state index contributed by atoms with van der Waals surface area (Å²) >= 11 is 0. The number of nitrogens with zero attached hydrogens (tertiary/aromatic N) is 1. The molecule has 3 atom stereocenters. The number of hydrogen-bond acceptors (Lipinski definition) is 2. The molecular formula is C16H22N2. The molecule has 3 aliphatic rings. The molecule has 0 aromatic heterocycles. The molecule has 3 unspecified atom stereocenters. The van der Waals surface area contributed by atoms with E-state index >= 15 is 0 Å². The third-order valence-electron chi connectivity index (χ3n) is 5.19. The maximum absolute atomic E-state index is 3.85. The molecule has 1 N–H and O–H groups in total. The van der Waals surface area contributed by atoms with Crippen LogP contribution >= 0.6 is 0 Å². The first kappa shape index (κ1) is 11.0. The fraction of sp³-hybridized carbons (Fsp3) is 0.625. The molecule has 0 spiro atoms. The van der Waals surface area contributed by atoms with Crippen molar-refractivity contribution in [2.45, 2.75) is 43.7 Å². The van der Waals surface area contributed by atoms with Crippen LogP contribution in [0, 0.1) is 0 Å². The van der Waals surface area contributed by atoms with Gasteiger partial charge in [0.15, 0.2) is 0 Å². The topological polar surface area (TPSA) is 15.3 Å². The van der Waals surface area contributed by atoms with Crippen molar-refractivity contribution in [3.8, 4) is 0 Å². The summed E-state index contributed by atoms with van der Waals surface area (Å²) in [4.78, 5) is 2.69. The van der Waals surface area contributed by atoms with Gasteiger partial charge in [-0.05, 0) is 43.4 Å². The van der Waals surface area contributed by atoms with E-state index in [1.165, 1.54) is 45.3 Å². The summed E-state index contributed by atoms with van der Waals surface area (Å²) in [5.74, 6) is 0.775. The van der Waals surface area contributed by atoms with Crippen molar-refractivity contribution in [1.29, 1.82) is 0 Å². The summed E-state index contributed by atoms with van der Waals surface area (Å²) < 4.78 is 0. The van der Waals surface area contributed by atoms with Gasteiger partial charge in [0, 0.05) is 31.1 Å². The van der Waals surface area contributed by atoms with Crippen LogP contribution in [-0.4, -0.2) is 36.6 Å². The van der Waals surface area contributed by atoms with Gasteiger partial charge in [-0.2, -0.15) is 0 Å². The first-order chi connectivity index (χ1) is 8.92. The predicted molar refractivity (Wildman–Crippen MR) is 73.9 cm³/mol. The average Bonchev–Trinajstić information content (AvgIpc) is 2.94. The summed E-state index contributed by atoms with van der Waals surface area (Å²) in [6.07, 6.45) is 5.47. The first-order valence-corrected chi connectivity index (χ1v) is 7.47. The second kappa shape index (κ2) is 4.36. The largest absolute Gasteiger partial charge is 0.312 e. The van der Waals surface area contributed by atoms with Gasteiger partial charge in [-0.3, -0.25) is 4.90 Å². The molecule has 1 aromatic carbocycles. The zero-order valence-electron chi connectivity index (χ0n) is 10.9. The molecule has 0 saturated carbocycles. The van der Waals surface area contributed by atoms with Crippen molar-refractivity contribution in [2.75, 3.05) is 19.6 Å². The fourth-order valence-corrected chi connectivity index (χ4v) is 4.16. The first-order valence-electron chi connectivity index (χ1n) is 7.47. The van der Waals surface area contributed by atoms with Crippen LogP contribution in [0.25, 0.3) is 0 Å². The molecule has 1 aliphatic carbocycles. The van der Waals surface area contributed by atoms with Gasteiger partial charge in [0.25, 0.3) is 0 Å². The molecule has 18 heavy (non-hydrogen) atoms. The Morgan fingerprint density at radius 1 is 1.17 bits per heavy atom. The Morgan fingerprint density at radius 2 is 2.11 bits per heavy atom. The van der Waals surface area contributed by atoms with E-state index in [2.05, 4.69) is 34.5 Å². The van der Waals surface area contributed by atoms with Crippen LogP contribution in [0.3, 0.4) is 0 Å². The lowest BCUT2D eigenvalue weighted by atomic mass is 9.77. The van der Waals surface area contributed by atoms with E-state index in [9.17, 15) is 0 Å². The van der Waals surface area contributed by atoms with Gasteiger partial charge in [0.1, 0.15) is 0 Å². The second-order valence-electron chi connectivity index (χ2n) is 6.15. The van der Waals surface area contributed by atoms with Gasteiger partial charge in [-0.15, -0.1) is 0 Å². The highest BCUT2D eigenvalue weighted by atomic mass is 15.2. The Morgan fingerprint density at radius 3 is 3.06 bits per heavy atom. The summed E-state index contributed by atoms with van der Waals surface area (Å²) in [5, 5.41) is 3.85. The molecule has 2 nitrogen and oxygen atoms in total. The Labute approximate surface area is 109 Å². The minimum absolute atomic E-state index is 0.764. The minimum Gasteiger partial charge on any atom is -0.312 e. The lowest BCUT2D eigenvalue weighted by molar-refractivity contribution is 0.296. The normalized spacial score (nSPS) is 34.1. The van der Waals surface area contributed by atoms with E-state index < -0.39 is 0 Å². The number of nitrogens with one attached hydrogen (secondary N) is 1. The van der Waals surface area contributed by atoms with Crippen molar-refractivity contribution >= 4 is 0 Å². The van der Waals surface area contributed by atoms with E-state index in [4.69, 9.17) is 0 Å². The molecule has 0 radical (unpaired) electrons. The standard InChI is InChI=1S/C16H22N2/c1-2-5-14-12(4-1)10-13(14)11-17-15-7-9-18-8-3-6-16(15)18/h1-2,4-5,13,15-17H,3,6-11H2. The second-order valence-corrected chi connectivity index (χ2v) is 6.15. The molecule has 2 heteroatoms. The molecule has 2 saturated heterocycles. The zero-order chi connectivity index (χ0) is 11.9. The average molecular weight is 242 g/mol. The minimum atomic E-state index is 0.764. The summed E-state index contributed by atoms with van der Waals surface area (Å²) in [5.41, 5.74) is 3.16. The van der Waals surface area contributed by atoms with Crippen LogP contribution in [0.1, 0.15) is 36.3 Å². The van der Waals surface area contributed by atoms with Crippen LogP contribution in [0.5, 0.6) is 0 Å². The van der Waals surface area contributed by atoms with E-state index in [1.54, 1.807) is 11.1 Å². The molecule has 2 heterocycles. The highest BCUT2D eigenvalue weighted by Crippen LogP contribution is 2.35. The maximum atomic E-state index is 3.85. The van der Waals surface area contributed by atoms with Crippen molar-refractivity contribution in [2.24, 2.45) is 0 Å². The third-order valence-corrected chi connectivity index (χ3v) is 5.19. The van der Waals surface area contributed by atoms with Crippen LogP contribution in [0.15, 0.2) is 24.3 Å². The lowest BCUT2D eigenvalue weighted by Crippen LogP contribution is -2.42. The quantitative estimate of drug-likeness (QED) is 0.874. The Kier molecular flexibility index (Phi) is 2.66. The Hall–Kier alpha value is -0.860. The van der Waals surface area contributed by atoms with Gasteiger partial charge < -0.3 is 5.32 Å². The maximum Gasteiger partial charge on any atom is 0.0250 e. The predicted octanol–water partition coefficient (Wildman–Crippen LogP) is 2.15. The van der Waals surface area contributed by atoms with E-state index in [1.807, 2.05) is 0 Å². The number of fused-ring (bicyclic) bond motifs is 2. The molecule has 96 valence electrons. The summed E-state index contributed by atoms with van der Waals surface area (Å²) in [6, 6.07) is 10.5. The van der Waals surface area contributed by atoms with Crippen molar-refractivity contribution in [3.63, 3.8) is 0 Å². The highest BCUT2D eigenvalue weighted by Gasteiger charge is 2.37. The molecule has 0 bridgehead atoms. The molecular weight excluding hydrogens is 220 g/mol. The van der Waals surface area contributed by atoms with Crippen LogP contribution in [0.4, 0.5) is 0 Å². The molecule has 4 rings (SSSR count). The molecule has 0 amide bonds. The van der Waals surface area contributed by atoms with E-state index in [-0.39, 0.29) is 0 Å². The lowest BCUT2D eigenvalue weighted by Gasteiger charge is -2.32. The van der Waals surface area contributed by atoms with Crippen LogP contribution in [-0.2, 0) is 6.42 Å². The van der Waals surface area contributed by atoms with Crippen molar-refractivity contribution in [1.82, 2.24) is 10.2 Å². The smallest absolute Gasteiger partial charge is 0.0250 e. The Bertz CT molecular complexity index is 442. The number of hydrogen-bond donors (Lipinski definition) is 1. The van der Waals surface area contributed by atoms with Gasteiger partial charge in [-0.25, -0.2) is 0 Å². The zero-order valence-corrected chi connectivity index (χ0v) is 10.9. The van der Waals surface area contributed by atoms with Gasteiger partial charge in [0.2, 0.25) is 0 Å². The van der Waals surface area contributed by atoms with Gasteiger partial charge in [-0.1, -0.05) is 24.3 Å². The van der Waals surface area contributed by atoms with E-state index in [0.717, 1.165) is 18.0 Å². The number of rotatable bonds is 3. The highest BCUT2D eigenvalue weighted by molar-refractivity contribution is 5.40. The van der Waals surface area contributed by atoms with Gasteiger partial charge >= 0.3 is 0 Å². The molecule has 2 aliphatic heterocycles. The Balaban J connectivity index is 1.35. The van der Waals surface area contributed by atoms with Gasteiger partial charge in [0.05, 0.1) is 0 Å². The summed E-state index contributed by atoms with van der Waals surface area (Å²) in [7, 11) is 0. The monoisotopic (exact) mass is 242 g/mol. The summed E-state index contributed by atoms with van der Waals surface area (Å²) in [6.45, 7) is 3.85. The SMILES string of the molecule is c1ccc2c(c1)CC2CNC1CCN2CCCC12. The van der Waals surface area contributed by atoms with Crippen LogP contribution < -0.4 is 5.32 Å². The molecule has 1 aromatic rings. The molecule has 2 fully saturated rings. The van der Waals surface area contributed by atoms with Crippen molar-refractivity contribution < 1.29 is 0 Å².